The molecule has 140 valence electrons. The van der Waals surface area contributed by atoms with Gasteiger partial charge in [0.2, 0.25) is 0 Å². The predicted octanol–water partition coefficient (Wildman–Crippen LogP) is 5.55. The third-order valence-corrected chi connectivity index (χ3v) is 5.27. The summed E-state index contributed by atoms with van der Waals surface area (Å²) in [4.78, 5) is 0. The molecule has 1 aliphatic rings. The van der Waals surface area contributed by atoms with E-state index in [2.05, 4.69) is 0 Å². The van der Waals surface area contributed by atoms with E-state index in [0.29, 0.717) is 0 Å². The third kappa shape index (κ3) is 2.68. The Balaban J connectivity index is 1.88. The van der Waals surface area contributed by atoms with Gasteiger partial charge in [-0.15, -0.1) is 0 Å². The smallest absolute Gasteiger partial charge is 0.456 e. The van der Waals surface area contributed by atoms with Crippen LogP contribution in [0.4, 0.5) is 0 Å². The number of para-hydroxylation sites is 1. The van der Waals surface area contributed by atoms with Gasteiger partial charge in [0.15, 0.2) is 0 Å². The van der Waals surface area contributed by atoms with Crippen molar-refractivity contribution < 1.29 is 28.8 Å². The van der Waals surface area contributed by atoms with Crippen LogP contribution in [0.2, 0.25) is 0 Å². The predicted molar refractivity (Wildman–Crippen MR) is 115 cm³/mol. The molecule has 2 heterocycles. The molecule has 0 unspecified atom stereocenters. The molecular formula is C24H23BO3. The zero-order valence-corrected chi connectivity index (χ0v) is 15.8. The summed E-state index contributed by atoms with van der Waals surface area (Å²) in [6, 6.07) is -5.90. The quantitative estimate of drug-likeness (QED) is 0.427. The molecule has 0 amide bonds. The third-order valence-electron chi connectivity index (χ3n) is 5.27. The first-order valence-electron chi connectivity index (χ1n) is 14.3. The number of fused-ring (bicyclic) bond motifs is 3. The van der Waals surface area contributed by atoms with Gasteiger partial charge in [-0.2, -0.15) is 0 Å². The summed E-state index contributed by atoms with van der Waals surface area (Å²) in [5.41, 5.74) is -3.15. The molecule has 4 aromatic rings. The van der Waals surface area contributed by atoms with Gasteiger partial charge in [0.25, 0.3) is 0 Å². The topological polar surface area (TPSA) is 31.6 Å². The molecule has 5 rings (SSSR count). The van der Waals surface area contributed by atoms with E-state index < -0.39 is 84.8 Å². The van der Waals surface area contributed by atoms with Crippen LogP contribution in [0.3, 0.4) is 0 Å². The highest BCUT2D eigenvalue weighted by molar-refractivity contribution is 6.62. The number of benzene rings is 3. The van der Waals surface area contributed by atoms with Crippen molar-refractivity contribution in [2.45, 2.75) is 38.9 Å². The lowest BCUT2D eigenvalue weighted by molar-refractivity contribution is 0.00578. The Morgan fingerprint density at radius 2 is 1.39 bits per heavy atom. The van der Waals surface area contributed by atoms with Gasteiger partial charge in [0.1, 0.15) is 11.2 Å². The first-order chi connectivity index (χ1) is 17.9. The lowest BCUT2D eigenvalue weighted by Crippen LogP contribution is -2.41. The molecule has 3 aromatic carbocycles. The van der Waals surface area contributed by atoms with Crippen LogP contribution in [-0.2, 0) is 9.31 Å². The Kier molecular flexibility index (Phi) is 1.98. The van der Waals surface area contributed by atoms with E-state index in [4.69, 9.17) is 28.8 Å². The zero-order chi connectivity index (χ0) is 29.1. The largest absolute Gasteiger partial charge is 0.494 e. The molecule has 1 fully saturated rings. The SMILES string of the molecule is [2H]c1c([2H])c(B2OC(C)(C)C(C)(C)O2)c([2H])c(-c2c([2H])c([2H])c3c(oc4c([2H])c([2H])c([2H])c([2H])c43)c2[2H])c1[2H]. The summed E-state index contributed by atoms with van der Waals surface area (Å²) in [5, 5.41) is -0.310. The minimum atomic E-state index is -1.24. The Labute approximate surface area is 180 Å². The van der Waals surface area contributed by atoms with Crippen LogP contribution >= 0.6 is 0 Å². The molecule has 1 aromatic heterocycles. The fourth-order valence-electron chi connectivity index (χ4n) is 2.98. The second-order valence-electron chi connectivity index (χ2n) is 7.64. The van der Waals surface area contributed by atoms with Crippen LogP contribution < -0.4 is 5.46 Å². The minimum absolute atomic E-state index is 0.146. The first kappa shape index (κ1) is 9.30. The number of hydrogen-bond donors (Lipinski definition) is 0. The summed E-state index contributed by atoms with van der Waals surface area (Å²) in [6.45, 7) is 7.11. The van der Waals surface area contributed by atoms with Crippen molar-refractivity contribution in [3.05, 3.63) is 66.5 Å². The second-order valence-corrected chi connectivity index (χ2v) is 7.64. The van der Waals surface area contributed by atoms with E-state index >= 15 is 0 Å². The second kappa shape index (κ2) is 5.97. The highest BCUT2D eigenvalue weighted by atomic mass is 16.7. The Morgan fingerprint density at radius 3 is 2.18 bits per heavy atom. The Morgan fingerprint density at radius 1 is 0.714 bits per heavy atom. The molecule has 0 aliphatic carbocycles. The fraction of sp³-hybridized carbons (Fsp3) is 0.250. The molecule has 0 N–H and O–H groups in total. The molecule has 28 heavy (non-hydrogen) atoms. The minimum Gasteiger partial charge on any atom is -0.456 e. The number of hydrogen-bond acceptors (Lipinski definition) is 3. The Bertz CT molecular complexity index is 1730. The molecule has 1 saturated heterocycles. The van der Waals surface area contributed by atoms with E-state index in [-0.39, 0.29) is 38.5 Å². The molecule has 0 bridgehead atoms. The molecule has 0 spiro atoms. The normalized spacial score (nSPS) is 23.7. The molecule has 0 saturated carbocycles. The summed E-state index contributed by atoms with van der Waals surface area (Å²) in [5.74, 6) is 0. The summed E-state index contributed by atoms with van der Waals surface area (Å²) < 4.78 is 111. The van der Waals surface area contributed by atoms with Crippen molar-refractivity contribution >= 4 is 34.5 Å². The van der Waals surface area contributed by atoms with Gasteiger partial charge in [-0.05, 0) is 62.4 Å². The standard InChI is InChI=1S/C24H23BO3/c1-23(2)24(3,4)28-25(27-23)18-9-7-8-16(14-18)17-12-13-20-19-10-5-6-11-21(19)26-22(20)15-17/h5-15H,1-4H3/i5D,6D,7D,8D,9D,10D,11D,12D,13D,14D,15D. The van der Waals surface area contributed by atoms with Crippen LogP contribution in [0.5, 0.6) is 0 Å². The van der Waals surface area contributed by atoms with E-state index in [0.717, 1.165) is 0 Å². The monoisotopic (exact) mass is 381 g/mol. The van der Waals surface area contributed by atoms with Crippen LogP contribution in [0.15, 0.2) is 70.9 Å². The zero-order valence-electron chi connectivity index (χ0n) is 26.8. The van der Waals surface area contributed by atoms with Gasteiger partial charge in [-0.3, -0.25) is 0 Å². The van der Waals surface area contributed by atoms with Crippen LogP contribution in [0, 0.1) is 0 Å². The maximum atomic E-state index is 8.94. The van der Waals surface area contributed by atoms with Crippen molar-refractivity contribution in [3.8, 4) is 11.1 Å². The summed E-state index contributed by atoms with van der Waals surface area (Å²) in [7, 11) is -1.24. The Hall–Kier alpha value is -2.56. The number of rotatable bonds is 2. The summed E-state index contributed by atoms with van der Waals surface area (Å²) >= 11 is 0. The lowest BCUT2D eigenvalue weighted by atomic mass is 9.78. The van der Waals surface area contributed by atoms with E-state index in [1.54, 1.807) is 27.7 Å². The van der Waals surface area contributed by atoms with Crippen molar-refractivity contribution in [2.75, 3.05) is 0 Å². The van der Waals surface area contributed by atoms with Gasteiger partial charge in [-0.25, -0.2) is 0 Å². The van der Waals surface area contributed by atoms with E-state index in [1.165, 1.54) is 0 Å². The fourth-order valence-corrected chi connectivity index (χ4v) is 2.98. The van der Waals surface area contributed by atoms with Crippen LogP contribution in [-0.4, -0.2) is 18.3 Å². The highest BCUT2D eigenvalue weighted by Gasteiger charge is 2.51. The average molecular weight is 381 g/mol. The molecule has 4 heteroatoms. The van der Waals surface area contributed by atoms with E-state index in [9.17, 15) is 0 Å². The van der Waals surface area contributed by atoms with Crippen molar-refractivity contribution in [1.82, 2.24) is 0 Å². The van der Waals surface area contributed by atoms with Gasteiger partial charge in [-0.1, -0.05) is 48.3 Å². The summed E-state index contributed by atoms with van der Waals surface area (Å²) in [6.07, 6.45) is 0. The van der Waals surface area contributed by atoms with E-state index in [1.807, 2.05) is 0 Å². The highest BCUT2D eigenvalue weighted by Crippen LogP contribution is 2.37. The first-order valence-corrected chi connectivity index (χ1v) is 8.83. The van der Waals surface area contributed by atoms with Crippen molar-refractivity contribution in [1.29, 1.82) is 0 Å². The molecule has 0 radical (unpaired) electrons. The van der Waals surface area contributed by atoms with Crippen LogP contribution in [0.1, 0.15) is 42.8 Å². The maximum Gasteiger partial charge on any atom is 0.494 e. The van der Waals surface area contributed by atoms with Crippen molar-refractivity contribution in [2.24, 2.45) is 0 Å². The van der Waals surface area contributed by atoms with Gasteiger partial charge in [0, 0.05) is 10.8 Å². The van der Waals surface area contributed by atoms with Gasteiger partial charge in [0.05, 0.1) is 26.3 Å². The average Bonchev–Trinajstić information content (AvgIpc) is 3.35. The molecule has 0 atom stereocenters. The maximum absolute atomic E-state index is 8.94. The van der Waals surface area contributed by atoms with Gasteiger partial charge >= 0.3 is 7.12 Å². The van der Waals surface area contributed by atoms with Crippen LogP contribution in [0.25, 0.3) is 33.1 Å². The molecule has 3 nitrogen and oxygen atoms in total. The number of furan rings is 1. The molecular weight excluding hydrogens is 347 g/mol. The van der Waals surface area contributed by atoms with Gasteiger partial charge < -0.3 is 13.7 Å². The lowest BCUT2D eigenvalue weighted by Gasteiger charge is -2.32. The van der Waals surface area contributed by atoms with Crippen molar-refractivity contribution in [3.63, 3.8) is 0 Å². The molecule has 1 aliphatic heterocycles.